The topological polar surface area (TPSA) is 60.7 Å². The fourth-order valence-electron chi connectivity index (χ4n) is 2.58. The number of hydrogen-bond acceptors (Lipinski definition) is 4. The number of carbonyl (C=O) groups is 1. The molecule has 0 spiro atoms. The van der Waals surface area contributed by atoms with Gasteiger partial charge in [0, 0.05) is 17.6 Å². The van der Waals surface area contributed by atoms with Crippen molar-refractivity contribution in [3.8, 4) is 5.75 Å². The Morgan fingerprint density at radius 2 is 1.88 bits per heavy atom. The van der Waals surface area contributed by atoms with Crippen molar-refractivity contribution in [3.63, 3.8) is 0 Å². The van der Waals surface area contributed by atoms with Gasteiger partial charge in [0.1, 0.15) is 11.3 Å². The molecule has 1 N–H and O–H groups in total. The highest BCUT2D eigenvalue weighted by atomic mass is 19.3. The molecule has 0 bridgehead atoms. The molecular weight excluding hydrogens is 344 g/mol. The summed E-state index contributed by atoms with van der Waals surface area (Å²) in [6.45, 7) is -0.468. The molecule has 0 saturated heterocycles. The van der Waals surface area contributed by atoms with E-state index in [2.05, 4.69) is 10.1 Å². The number of alkyl halides is 2. The van der Waals surface area contributed by atoms with Gasteiger partial charge in [-0.3, -0.25) is 4.79 Å². The van der Waals surface area contributed by atoms with Gasteiger partial charge in [0.15, 0.2) is 5.76 Å². The van der Waals surface area contributed by atoms with Crippen molar-refractivity contribution >= 4 is 22.6 Å². The zero-order valence-corrected chi connectivity index (χ0v) is 14.0. The van der Waals surface area contributed by atoms with Crippen LogP contribution in [0.2, 0.25) is 0 Å². The molecule has 1 aromatic heterocycles. The van der Waals surface area contributed by atoms with Crippen LogP contribution < -0.4 is 10.1 Å². The SMILES string of the molecule is CCOCc1c(C(=O)Nc2ccccc2OC(F)F)oc2ccccc12. The maximum absolute atomic E-state index is 12.7. The van der Waals surface area contributed by atoms with Gasteiger partial charge in [-0.2, -0.15) is 8.78 Å². The Labute approximate surface area is 148 Å². The van der Waals surface area contributed by atoms with E-state index < -0.39 is 12.5 Å². The van der Waals surface area contributed by atoms with Crippen molar-refractivity contribution in [1.82, 2.24) is 0 Å². The number of para-hydroxylation sites is 3. The van der Waals surface area contributed by atoms with Gasteiger partial charge in [-0.05, 0) is 25.1 Å². The Kier molecular flexibility index (Phi) is 5.48. The summed E-state index contributed by atoms with van der Waals surface area (Å²) in [4.78, 5) is 12.7. The smallest absolute Gasteiger partial charge is 0.387 e. The minimum absolute atomic E-state index is 0.0755. The summed E-state index contributed by atoms with van der Waals surface area (Å²) in [5.74, 6) is -0.619. The van der Waals surface area contributed by atoms with Gasteiger partial charge in [-0.15, -0.1) is 0 Å². The molecule has 0 unspecified atom stereocenters. The van der Waals surface area contributed by atoms with Crippen molar-refractivity contribution in [2.75, 3.05) is 11.9 Å². The first-order valence-electron chi connectivity index (χ1n) is 8.03. The second kappa shape index (κ2) is 7.97. The number of rotatable bonds is 7. The van der Waals surface area contributed by atoms with E-state index in [0.29, 0.717) is 17.8 Å². The fourth-order valence-corrected chi connectivity index (χ4v) is 2.58. The molecule has 26 heavy (non-hydrogen) atoms. The molecule has 0 atom stereocenters. The third kappa shape index (κ3) is 3.83. The minimum Gasteiger partial charge on any atom is -0.451 e. The average molecular weight is 361 g/mol. The first kappa shape index (κ1) is 17.9. The molecule has 1 heterocycles. The zero-order valence-electron chi connectivity index (χ0n) is 14.0. The first-order chi connectivity index (χ1) is 12.6. The highest BCUT2D eigenvalue weighted by Gasteiger charge is 2.22. The molecule has 0 fully saturated rings. The van der Waals surface area contributed by atoms with Crippen LogP contribution in [-0.4, -0.2) is 19.1 Å². The van der Waals surface area contributed by atoms with Crippen LogP contribution in [-0.2, 0) is 11.3 Å². The molecule has 2 aromatic carbocycles. The number of ether oxygens (including phenoxy) is 2. The Hall–Kier alpha value is -2.93. The first-order valence-corrected chi connectivity index (χ1v) is 8.03. The van der Waals surface area contributed by atoms with Gasteiger partial charge < -0.3 is 19.2 Å². The third-order valence-electron chi connectivity index (χ3n) is 3.71. The summed E-state index contributed by atoms with van der Waals surface area (Å²) in [6, 6.07) is 13.2. The Balaban J connectivity index is 1.93. The molecular formula is C19H17F2NO4. The van der Waals surface area contributed by atoms with E-state index in [-0.39, 0.29) is 23.8 Å². The summed E-state index contributed by atoms with van der Waals surface area (Å²) in [5, 5.41) is 3.33. The Morgan fingerprint density at radius 3 is 2.65 bits per heavy atom. The number of amides is 1. The lowest BCUT2D eigenvalue weighted by atomic mass is 10.1. The van der Waals surface area contributed by atoms with Gasteiger partial charge in [0.2, 0.25) is 0 Å². The van der Waals surface area contributed by atoms with Crippen LogP contribution in [0.5, 0.6) is 5.75 Å². The number of benzene rings is 2. The quantitative estimate of drug-likeness (QED) is 0.655. The summed E-state index contributed by atoms with van der Waals surface area (Å²) in [5.41, 5.74) is 1.28. The maximum atomic E-state index is 12.7. The standard InChI is InChI=1S/C19H17F2NO4/c1-2-24-11-13-12-7-3-5-9-15(12)25-17(13)18(23)22-14-8-4-6-10-16(14)26-19(20)21/h3-10,19H,2,11H2,1H3,(H,22,23). The molecule has 3 rings (SSSR count). The summed E-state index contributed by atoms with van der Waals surface area (Å²) < 4.78 is 40.6. The van der Waals surface area contributed by atoms with Gasteiger partial charge in [-0.1, -0.05) is 30.3 Å². The van der Waals surface area contributed by atoms with Crippen molar-refractivity contribution in [2.45, 2.75) is 20.1 Å². The van der Waals surface area contributed by atoms with Crippen molar-refractivity contribution in [1.29, 1.82) is 0 Å². The van der Waals surface area contributed by atoms with Crippen LogP contribution in [0.4, 0.5) is 14.5 Å². The highest BCUT2D eigenvalue weighted by molar-refractivity contribution is 6.07. The number of halogens is 2. The van der Waals surface area contributed by atoms with Crippen LogP contribution in [0.3, 0.4) is 0 Å². The summed E-state index contributed by atoms with van der Waals surface area (Å²) >= 11 is 0. The van der Waals surface area contributed by atoms with Crippen molar-refractivity contribution < 1.29 is 27.5 Å². The van der Waals surface area contributed by atoms with Gasteiger partial charge >= 0.3 is 6.61 Å². The maximum Gasteiger partial charge on any atom is 0.387 e. The second-order valence-corrected chi connectivity index (χ2v) is 5.37. The monoisotopic (exact) mass is 361 g/mol. The lowest BCUT2D eigenvalue weighted by molar-refractivity contribution is -0.0493. The van der Waals surface area contributed by atoms with E-state index in [9.17, 15) is 13.6 Å². The molecule has 0 aliphatic rings. The second-order valence-electron chi connectivity index (χ2n) is 5.37. The van der Waals surface area contributed by atoms with Gasteiger partial charge in [0.05, 0.1) is 12.3 Å². The number of nitrogens with one attached hydrogen (secondary N) is 1. The fraction of sp³-hybridized carbons (Fsp3) is 0.211. The highest BCUT2D eigenvalue weighted by Crippen LogP contribution is 2.30. The van der Waals surface area contributed by atoms with E-state index in [0.717, 1.165) is 5.39 Å². The Bertz CT molecular complexity index is 907. The summed E-state index contributed by atoms with van der Waals surface area (Å²) in [6.07, 6.45) is 0. The van der Waals surface area contributed by atoms with Crippen molar-refractivity contribution in [3.05, 3.63) is 59.9 Å². The molecule has 0 aliphatic heterocycles. The van der Waals surface area contributed by atoms with E-state index in [1.165, 1.54) is 18.2 Å². The molecule has 1 amide bonds. The number of hydrogen-bond donors (Lipinski definition) is 1. The number of fused-ring (bicyclic) bond motifs is 1. The number of carbonyl (C=O) groups excluding carboxylic acids is 1. The molecule has 5 nitrogen and oxygen atoms in total. The van der Waals surface area contributed by atoms with E-state index in [1.807, 2.05) is 19.1 Å². The van der Waals surface area contributed by atoms with Crippen LogP contribution in [0, 0.1) is 0 Å². The van der Waals surface area contributed by atoms with Gasteiger partial charge in [-0.25, -0.2) is 0 Å². The molecule has 0 saturated carbocycles. The average Bonchev–Trinajstić information content (AvgIpc) is 3.00. The van der Waals surface area contributed by atoms with Crippen LogP contribution in [0.1, 0.15) is 23.0 Å². The predicted octanol–water partition coefficient (Wildman–Crippen LogP) is 4.82. The molecule has 3 aromatic rings. The molecule has 136 valence electrons. The van der Waals surface area contributed by atoms with E-state index >= 15 is 0 Å². The van der Waals surface area contributed by atoms with Crippen LogP contribution in [0.25, 0.3) is 11.0 Å². The van der Waals surface area contributed by atoms with Gasteiger partial charge in [0.25, 0.3) is 5.91 Å². The van der Waals surface area contributed by atoms with Crippen LogP contribution in [0.15, 0.2) is 52.9 Å². The van der Waals surface area contributed by atoms with E-state index in [1.54, 1.807) is 18.2 Å². The lowest BCUT2D eigenvalue weighted by Crippen LogP contribution is -2.15. The largest absolute Gasteiger partial charge is 0.451 e. The van der Waals surface area contributed by atoms with Crippen LogP contribution >= 0.6 is 0 Å². The minimum atomic E-state index is -2.99. The molecule has 0 radical (unpaired) electrons. The Morgan fingerprint density at radius 1 is 1.15 bits per heavy atom. The predicted molar refractivity (Wildman–Crippen MR) is 92.6 cm³/mol. The van der Waals surface area contributed by atoms with E-state index in [4.69, 9.17) is 9.15 Å². The number of furan rings is 1. The molecule has 0 aliphatic carbocycles. The normalized spacial score (nSPS) is 11.1. The molecule has 7 heteroatoms. The third-order valence-corrected chi connectivity index (χ3v) is 3.71. The van der Waals surface area contributed by atoms with Crippen molar-refractivity contribution in [2.24, 2.45) is 0 Å². The number of anilines is 1. The lowest BCUT2D eigenvalue weighted by Gasteiger charge is -2.11. The summed E-state index contributed by atoms with van der Waals surface area (Å²) in [7, 11) is 0. The zero-order chi connectivity index (χ0) is 18.5.